The van der Waals surface area contributed by atoms with Crippen LogP contribution in [0.5, 0.6) is 0 Å². The molecule has 0 saturated carbocycles. The molecule has 1 rings (SSSR count). The van der Waals surface area contributed by atoms with Gasteiger partial charge in [0.05, 0.1) is 18.7 Å². The zero-order valence-corrected chi connectivity index (χ0v) is 13.3. The van der Waals surface area contributed by atoms with Gasteiger partial charge in [-0.15, -0.1) is 0 Å². The van der Waals surface area contributed by atoms with Crippen molar-refractivity contribution in [1.82, 2.24) is 10.6 Å². The average Bonchev–Trinajstić information content (AvgIpc) is 2.43. The van der Waals surface area contributed by atoms with Crippen LogP contribution < -0.4 is 10.6 Å². The van der Waals surface area contributed by atoms with Gasteiger partial charge < -0.3 is 15.7 Å². The monoisotopic (exact) mass is 310 g/mol. The summed E-state index contributed by atoms with van der Waals surface area (Å²) in [7, 11) is 0. The Balaban J connectivity index is 2.50. The van der Waals surface area contributed by atoms with E-state index in [1.807, 2.05) is 0 Å². The van der Waals surface area contributed by atoms with Crippen LogP contribution in [0.3, 0.4) is 0 Å². The first-order valence-corrected chi connectivity index (χ1v) is 7.12. The molecule has 2 amide bonds. The Morgan fingerprint density at radius 2 is 1.77 bits per heavy atom. The fourth-order valence-corrected chi connectivity index (χ4v) is 1.76. The molecule has 0 aliphatic heterocycles. The lowest BCUT2D eigenvalue weighted by Crippen LogP contribution is -2.45. The Hall–Kier alpha value is -1.95. The number of benzene rings is 1. The molecule has 1 aromatic rings. The summed E-state index contributed by atoms with van der Waals surface area (Å²) >= 11 is 0. The third-order valence-corrected chi connectivity index (χ3v) is 3.16. The van der Waals surface area contributed by atoms with E-state index in [1.54, 1.807) is 27.7 Å². The molecule has 122 valence electrons. The van der Waals surface area contributed by atoms with Crippen molar-refractivity contribution in [2.45, 2.75) is 39.8 Å². The van der Waals surface area contributed by atoms with E-state index in [4.69, 9.17) is 0 Å². The maximum absolute atomic E-state index is 12.8. The van der Waals surface area contributed by atoms with Gasteiger partial charge in [0.25, 0.3) is 0 Å². The van der Waals surface area contributed by atoms with Gasteiger partial charge in [-0.2, -0.15) is 0 Å². The minimum atomic E-state index is -0.956. The number of amides is 2. The van der Waals surface area contributed by atoms with Gasteiger partial charge in [0.1, 0.15) is 5.82 Å². The van der Waals surface area contributed by atoms with E-state index in [-0.39, 0.29) is 12.5 Å². The molecular formula is C16H23FN2O3. The summed E-state index contributed by atoms with van der Waals surface area (Å²) in [6.07, 6.45) is -0.956. The summed E-state index contributed by atoms with van der Waals surface area (Å²) in [6.45, 7) is 6.73. The Morgan fingerprint density at radius 3 is 2.27 bits per heavy atom. The van der Waals surface area contributed by atoms with Gasteiger partial charge in [0.2, 0.25) is 11.8 Å². The van der Waals surface area contributed by atoms with Crippen LogP contribution in [0.2, 0.25) is 0 Å². The lowest BCUT2D eigenvalue weighted by atomic mass is 9.96. The number of hydrogen-bond donors (Lipinski definition) is 3. The number of carbonyl (C=O) groups excluding carboxylic acids is 2. The maximum Gasteiger partial charge on any atom is 0.239 e. The van der Waals surface area contributed by atoms with Crippen LogP contribution in [0.15, 0.2) is 24.3 Å². The summed E-state index contributed by atoms with van der Waals surface area (Å²) < 4.78 is 12.8. The second kappa shape index (κ2) is 7.35. The summed E-state index contributed by atoms with van der Waals surface area (Å²) in [5, 5.41) is 15.2. The van der Waals surface area contributed by atoms with E-state index < -0.39 is 29.3 Å². The number of rotatable bonds is 5. The molecule has 5 nitrogen and oxygen atoms in total. The predicted molar refractivity (Wildman–Crippen MR) is 81.4 cm³/mol. The summed E-state index contributed by atoms with van der Waals surface area (Å²) in [4.78, 5) is 23.4. The second-order valence-corrected chi connectivity index (χ2v) is 6.29. The largest absolute Gasteiger partial charge is 0.386 e. The molecule has 0 heterocycles. The molecule has 0 fully saturated rings. The van der Waals surface area contributed by atoms with Crippen molar-refractivity contribution in [2.75, 3.05) is 6.54 Å². The van der Waals surface area contributed by atoms with Crippen LogP contribution >= 0.6 is 0 Å². The standard InChI is InChI=1S/C16H23FN2O3/c1-10(14(21)11-5-7-12(17)8-6-11)19-13(20)9-18-15(22)16(2,3)4/h5-8,10,14,21H,9H2,1-4H3,(H,18,22)(H,19,20)/t10-,14-/m0/s1. The van der Waals surface area contributed by atoms with Crippen molar-refractivity contribution < 1.29 is 19.1 Å². The Labute approximate surface area is 129 Å². The van der Waals surface area contributed by atoms with Gasteiger partial charge in [0.15, 0.2) is 0 Å². The average molecular weight is 310 g/mol. The van der Waals surface area contributed by atoms with E-state index >= 15 is 0 Å². The maximum atomic E-state index is 12.8. The van der Waals surface area contributed by atoms with E-state index in [9.17, 15) is 19.1 Å². The molecule has 0 spiro atoms. The van der Waals surface area contributed by atoms with E-state index in [2.05, 4.69) is 10.6 Å². The van der Waals surface area contributed by atoms with Crippen LogP contribution in [-0.4, -0.2) is 29.5 Å². The highest BCUT2D eigenvalue weighted by molar-refractivity contribution is 5.87. The molecule has 0 aromatic heterocycles. The Morgan fingerprint density at radius 1 is 1.23 bits per heavy atom. The highest BCUT2D eigenvalue weighted by Crippen LogP contribution is 2.17. The number of carbonyl (C=O) groups is 2. The lowest BCUT2D eigenvalue weighted by Gasteiger charge is -2.22. The molecule has 1 aromatic carbocycles. The van der Waals surface area contributed by atoms with Crippen molar-refractivity contribution in [3.63, 3.8) is 0 Å². The van der Waals surface area contributed by atoms with Gasteiger partial charge in [0, 0.05) is 5.41 Å². The molecule has 0 unspecified atom stereocenters. The molecule has 0 saturated heterocycles. The first kappa shape index (κ1) is 18.1. The van der Waals surface area contributed by atoms with E-state index in [0.717, 1.165) is 0 Å². The summed E-state index contributed by atoms with van der Waals surface area (Å²) in [5.74, 6) is -1.02. The van der Waals surface area contributed by atoms with Crippen LogP contribution in [0, 0.1) is 11.2 Å². The fourth-order valence-electron chi connectivity index (χ4n) is 1.76. The molecule has 0 radical (unpaired) electrons. The number of hydrogen-bond acceptors (Lipinski definition) is 3. The molecule has 6 heteroatoms. The van der Waals surface area contributed by atoms with Gasteiger partial charge >= 0.3 is 0 Å². The van der Waals surface area contributed by atoms with Gasteiger partial charge in [-0.05, 0) is 24.6 Å². The van der Waals surface area contributed by atoms with Gasteiger partial charge in [-0.3, -0.25) is 9.59 Å². The quantitative estimate of drug-likeness (QED) is 0.771. The van der Waals surface area contributed by atoms with Crippen molar-refractivity contribution in [1.29, 1.82) is 0 Å². The minimum Gasteiger partial charge on any atom is -0.386 e. The number of aliphatic hydroxyl groups is 1. The zero-order chi connectivity index (χ0) is 16.9. The van der Waals surface area contributed by atoms with Gasteiger partial charge in [-0.25, -0.2) is 4.39 Å². The van der Waals surface area contributed by atoms with Crippen molar-refractivity contribution in [2.24, 2.45) is 5.41 Å². The van der Waals surface area contributed by atoms with Crippen LogP contribution in [0.25, 0.3) is 0 Å². The van der Waals surface area contributed by atoms with E-state index in [0.29, 0.717) is 5.56 Å². The second-order valence-electron chi connectivity index (χ2n) is 6.29. The summed E-state index contributed by atoms with van der Waals surface area (Å²) in [5.41, 5.74) is -0.0626. The molecule has 0 aliphatic carbocycles. The lowest BCUT2D eigenvalue weighted by molar-refractivity contribution is -0.131. The van der Waals surface area contributed by atoms with Crippen LogP contribution in [0.1, 0.15) is 39.4 Å². The number of nitrogens with one attached hydrogen (secondary N) is 2. The minimum absolute atomic E-state index is 0.156. The predicted octanol–water partition coefficient (Wildman–Crippen LogP) is 1.53. The Bertz CT molecular complexity index is 523. The molecule has 0 aliphatic rings. The fraction of sp³-hybridized carbons (Fsp3) is 0.500. The number of aliphatic hydroxyl groups excluding tert-OH is 1. The van der Waals surface area contributed by atoms with Crippen molar-refractivity contribution in [3.05, 3.63) is 35.6 Å². The van der Waals surface area contributed by atoms with Crippen LogP contribution in [-0.2, 0) is 9.59 Å². The summed E-state index contributed by atoms with van der Waals surface area (Å²) in [6, 6.07) is 4.85. The third-order valence-electron chi connectivity index (χ3n) is 3.16. The molecule has 2 atom stereocenters. The smallest absolute Gasteiger partial charge is 0.239 e. The molecule has 0 bridgehead atoms. The van der Waals surface area contributed by atoms with Gasteiger partial charge in [-0.1, -0.05) is 32.9 Å². The third kappa shape index (κ3) is 5.44. The SMILES string of the molecule is C[C@H](NC(=O)CNC(=O)C(C)(C)C)[C@H](O)c1ccc(F)cc1. The topological polar surface area (TPSA) is 78.4 Å². The van der Waals surface area contributed by atoms with Crippen LogP contribution in [0.4, 0.5) is 4.39 Å². The normalized spacial score (nSPS) is 14.1. The van der Waals surface area contributed by atoms with Crippen molar-refractivity contribution >= 4 is 11.8 Å². The Kier molecular flexibility index (Phi) is 6.05. The van der Waals surface area contributed by atoms with E-state index in [1.165, 1.54) is 24.3 Å². The van der Waals surface area contributed by atoms with Crippen molar-refractivity contribution in [3.8, 4) is 0 Å². The molecule has 3 N–H and O–H groups in total. The first-order valence-electron chi connectivity index (χ1n) is 7.12. The molecule has 22 heavy (non-hydrogen) atoms. The zero-order valence-electron chi connectivity index (χ0n) is 13.3. The number of halogens is 1. The first-order chi connectivity index (χ1) is 10.1. The molecular weight excluding hydrogens is 287 g/mol. The highest BCUT2D eigenvalue weighted by Gasteiger charge is 2.23. The highest BCUT2D eigenvalue weighted by atomic mass is 19.1.